The largest absolute Gasteiger partial charge is 0.456 e. The van der Waals surface area contributed by atoms with Crippen molar-refractivity contribution in [2.24, 2.45) is 7.05 Å². The van der Waals surface area contributed by atoms with E-state index in [0.717, 1.165) is 10.9 Å². The molecule has 0 aliphatic carbocycles. The number of halogens is 1. The number of benzene rings is 2. The predicted molar refractivity (Wildman–Crippen MR) is 131 cm³/mol. The molecule has 172 valence electrons. The molecule has 0 saturated heterocycles. The minimum absolute atomic E-state index is 0.136. The molecule has 0 bridgehead atoms. The van der Waals surface area contributed by atoms with Gasteiger partial charge in [-0.05, 0) is 61.4 Å². The first kappa shape index (κ1) is 21.8. The number of aromatic nitrogens is 3. The fourth-order valence-corrected chi connectivity index (χ4v) is 5.04. The van der Waals surface area contributed by atoms with E-state index in [1.54, 1.807) is 52.2 Å². The smallest absolute Gasteiger partial charge is 0.268 e. The molecule has 0 saturated carbocycles. The summed E-state index contributed by atoms with van der Waals surface area (Å²) < 4.78 is 27.8. The fourth-order valence-electron chi connectivity index (χ4n) is 3.96. The summed E-state index contributed by atoms with van der Waals surface area (Å²) in [5, 5.41) is 8.71. The van der Waals surface area contributed by atoms with Crippen molar-refractivity contribution in [3.63, 3.8) is 0 Å². The molecule has 2 aromatic carbocycles. The lowest BCUT2D eigenvalue weighted by atomic mass is 10.0. The van der Waals surface area contributed by atoms with Gasteiger partial charge in [0.25, 0.3) is 11.4 Å². The summed E-state index contributed by atoms with van der Waals surface area (Å²) in [4.78, 5) is 13.6. The maximum absolute atomic E-state index is 13.8. The molecule has 34 heavy (non-hydrogen) atoms. The molecule has 2 N–H and O–H groups in total. The van der Waals surface area contributed by atoms with E-state index in [0.29, 0.717) is 55.2 Å². The van der Waals surface area contributed by atoms with Crippen molar-refractivity contribution in [1.29, 1.82) is 0 Å². The van der Waals surface area contributed by atoms with Crippen molar-refractivity contribution in [2.45, 2.75) is 20.8 Å². The van der Waals surface area contributed by atoms with Crippen molar-refractivity contribution in [1.82, 2.24) is 14.8 Å². The third kappa shape index (κ3) is 3.73. The van der Waals surface area contributed by atoms with Gasteiger partial charge in [-0.3, -0.25) is 4.79 Å². The molecule has 0 amide bonds. The molecule has 9 heteroatoms. The topological polar surface area (TPSA) is 96.2 Å². The molecule has 5 rings (SSSR count). The van der Waals surface area contributed by atoms with Gasteiger partial charge in [-0.25, -0.2) is 4.39 Å². The van der Waals surface area contributed by atoms with Crippen LogP contribution in [0.15, 0.2) is 51.8 Å². The van der Waals surface area contributed by atoms with E-state index in [2.05, 4.69) is 10.2 Å². The Morgan fingerprint density at radius 1 is 1.06 bits per heavy atom. The maximum Gasteiger partial charge on any atom is 0.268 e. The van der Waals surface area contributed by atoms with Gasteiger partial charge in [0, 0.05) is 42.4 Å². The van der Waals surface area contributed by atoms with Crippen LogP contribution in [0.5, 0.6) is 11.5 Å². The van der Waals surface area contributed by atoms with Crippen LogP contribution in [0.3, 0.4) is 0 Å². The van der Waals surface area contributed by atoms with Crippen molar-refractivity contribution < 1.29 is 13.5 Å². The quantitative estimate of drug-likeness (QED) is 0.332. The fraction of sp³-hybridized carbons (Fsp3) is 0.160. The molecule has 3 aromatic heterocycles. The van der Waals surface area contributed by atoms with E-state index < -0.39 is 0 Å². The lowest BCUT2D eigenvalue weighted by Gasteiger charge is -2.17. The number of thiophene rings is 1. The number of rotatable bonds is 4. The Morgan fingerprint density at radius 3 is 2.47 bits per heavy atom. The van der Waals surface area contributed by atoms with E-state index in [1.807, 2.05) is 6.07 Å². The molecule has 7 nitrogen and oxygen atoms in total. The van der Waals surface area contributed by atoms with E-state index in [1.165, 1.54) is 28.0 Å². The van der Waals surface area contributed by atoms with Crippen LogP contribution in [0.4, 0.5) is 10.1 Å². The Balaban J connectivity index is 1.73. The molecule has 0 atom stereocenters. The summed E-state index contributed by atoms with van der Waals surface area (Å²) in [5.41, 5.74) is 9.37. The van der Waals surface area contributed by atoms with Crippen LogP contribution in [-0.2, 0) is 7.05 Å². The normalized spacial score (nSPS) is 11.3. The third-order valence-corrected chi connectivity index (χ3v) is 6.64. The molecule has 0 radical (unpaired) electrons. The number of nitrogens with zero attached hydrogens (tertiary/aromatic N) is 3. The average Bonchev–Trinajstić information content (AvgIpc) is 3.41. The molecule has 3 heterocycles. The van der Waals surface area contributed by atoms with Crippen LogP contribution in [0, 0.1) is 26.6 Å². The zero-order valence-electron chi connectivity index (χ0n) is 19.0. The highest BCUT2D eigenvalue weighted by atomic mass is 32.1. The van der Waals surface area contributed by atoms with Crippen LogP contribution >= 0.6 is 11.3 Å². The highest BCUT2D eigenvalue weighted by molar-refractivity contribution is 7.22. The summed E-state index contributed by atoms with van der Waals surface area (Å²) in [7, 11) is 1.70. The van der Waals surface area contributed by atoms with Crippen molar-refractivity contribution in [2.75, 3.05) is 5.73 Å². The third-order valence-electron chi connectivity index (χ3n) is 5.53. The minimum atomic E-state index is -0.318. The summed E-state index contributed by atoms with van der Waals surface area (Å²) in [5.74, 6) is 1.58. The first-order chi connectivity index (χ1) is 16.2. The van der Waals surface area contributed by atoms with E-state index in [4.69, 9.17) is 14.9 Å². The second-order valence-corrected chi connectivity index (χ2v) is 9.22. The van der Waals surface area contributed by atoms with Gasteiger partial charge >= 0.3 is 0 Å². The predicted octanol–water partition coefficient (Wildman–Crippen LogP) is 5.76. The molecular formula is C25H21FN4O3S. The zero-order valence-corrected chi connectivity index (χ0v) is 19.8. The van der Waals surface area contributed by atoms with Gasteiger partial charge in [0.15, 0.2) is 0 Å². The molecule has 0 aliphatic heterocycles. The number of nitrogen functional groups attached to an aromatic ring is 1. The Labute approximate surface area is 198 Å². The van der Waals surface area contributed by atoms with E-state index in [9.17, 15) is 9.18 Å². The van der Waals surface area contributed by atoms with Gasteiger partial charge in [-0.1, -0.05) is 0 Å². The van der Waals surface area contributed by atoms with E-state index >= 15 is 0 Å². The number of nitrogens with two attached hydrogens (primary N) is 1. The number of fused-ring (bicyclic) bond motifs is 1. The first-order valence-electron chi connectivity index (χ1n) is 10.5. The van der Waals surface area contributed by atoms with Crippen LogP contribution in [-0.4, -0.2) is 14.8 Å². The second kappa shape index (κ2) is 8.11. The van der Waals surface area contributed by atoms with Gasteiger partial charge in [0.1, 0.15) is 22.0 Å². The standard InChI is InChI=1S/C25H21FN4O3S/c1-12-7-15(26)8-13(2)22(12)33-20-6-5-16(27)9-17(20)19-11-30(4)25(31)23-18(19)10-21(34-23)24-29-28-14(3)32-24/h5-11H,27H2,1-4H3. The second-order valence-electron chi connectivity index (χ2n) is 8.16. The molecule has 0 spiro atoms. The molecular weight excluding hydrogens is 455 g/mol. The Morgan fingerprint density at radius 2 is 1.79 bits per heavy atom. The Bertz CT molecular complexity index is 1610. The lowest BCUT2D eigenvalue weighted by Crippen LogP contribution is -2.15. The molecule has 5 aromatic rings. The Hall–Kier alpha value is -3.98. The minimum Gasteiger partial charge on any atom is -0.456 e. The molecule has 0 aliphatic rings. The maximum atomic E-state index is 13.8. The summed E-state index contributed by atoms with van der Waals surface area (Å²) in [6, 6.07) is 10.1. The number of aryl methyl sites for hydroxylation is 4. The highest BCUT2D eigenvalue weighted by Gasteiger charge is 2.20. The summed E-state index contributed by atoms with van der Waals surface area (Å²) >= 11 is 1.29. The van der Waals surface area contributed by atoms with Crippen LogP contribution in [0.25, 0.3) is 32.0 Å². The van der Waals surface area contributed by atoms with Crippen LogP contribution in [0.1, 0.15) is 17.0 Å². The zero-order chi connectivity index (χ0) is 24.1. The number of hydrogen-bond acceptors (Lipinski definition) is 7. The van der Waals surface area contributed by atoms with Gasteiger partial charge in [0.05, 0.1) is 4.88 Å². The van der Waals surface area contributed by atoms with Crippen LogP contribution < -0.4 is 16.0 Å². The van der Waals surface area contributed by atoms with Crippen molar-refractivity contribution in [3.8, 4) is 33.4 Å². The van der Waals surface area contributed by atoms with Gasteiger partial charge in [-0.2, -0.15) is 0 Å². The van der Waals surface area contributed by atoms with Crippen molar-refractivity contribution >= 4 is 27.1 Å². The summed E-state index contributed by atoms with van der Waals surface area (Å²) in [6.07, 6.45) is 1.76. The number of hydrogen-bond donors (Lipinski definition) is 1. The van der Waals surface area contributed by atoms with Gasteiger partial charge < -0.3 is 19.5 Å². The number of ether oxygens (including phenoxy) is 1. The average molecular weight is 477 g/mol. The van der Waals surface area contributed by atoms with Crippen molar-refractivity contribution in [3.05, 3.63) is 75.8 Å². The van der Waals surface area contributed by atoms with Gasteiger partial charge in [0.2, 0.25) is 5.89 Å². The molecule has 0 unspecified atom stereocenters. The number of pyridine rings is 1. The summed E-state index contributed by atoms with van der Waals surface area (Å²) in [6.45, 7) is 5.30. The SMILES string of the molecule is Cc1nnc(-c2cc3c(-c4cc(N)ccc4Oc4c(C)cc(F)cc4C)cn(C)c(=O)c3s2)o1. The Kier molecular flexibility index (Phi) is 5.21. The number of anilines is 1. The highest BCUT2D eigenvalue weighted by Crippen LogP contribution is 2.42. The first-order valence-corrected chi connectivity index (χ1v) is 11.3. The monoisotopic (exact) mass is 476 g/mol. The van der Waals surface area contributed by atoms with Gasteiger partial charge in [-0.15, -0.1) is 21.5 Å². The van der Waals surface area contributed by atoms with Crippen LogP contribution in [0.2, 0.25) is 0 Å². The molecule has 0 fully saturated rings. The van der Waals surface area contributed by atoms with E-state index in [-0.39, 0.29) is 11.4 Å². The lowest BCUT2D eigenvalue weighted by molar-refractivity contribution is 0.474.